The van der Waals surface area contributed by atoms with E-state index in [0.29, 0.717) is 26.1 Å². The van der Waals surface area contributed by atoms with E-state index in [-0.39, 0.29) is 126 Å². The number of piperidine rings is 3. The molecular weight excluding hydrogens is 865 g/mol. The van der Waals surface area contributed by atoms with E-state index in [1.807, 2.05) is 0 Å². The minimum absolute atomic E-state index is 0. The molecule has 0 aromatic heterocycles. The second-order valence-corrected chi connectivity index (χ2v) is 22.9. The van der Waals surface area contributed by atoms with Crippen molar-refractivity contribution >= 4 is 23.9 Å². The minimum atomic E-state index is -0.327. The second kappa shape index (κ2) is 22.2. The topological polar surface area (TPSA) is 105 Å². The van der Waals surface area contributed by atoms with Crippen LogP contribution in [0.2, 0.25) is 0 Å². The first-order valence-corrected chi connectivity index (χ1v) is 24.6. The van der Waals surface area contributed by atoms with Gasteiger partial charge in [0.05, 0.1) is 67.5 Å². The summed E-state index contributed by atoms with van der Waals surface area (Å²) in [5.41, 5.74) is -0.397. The van der Waals surface area contributed by atoms with Gasteiger partial charge in [0.2, 0.25) is 0 Å². The molecule has 7 fully saturated rings. The average Bonchev–Trinajstić information content (AvgIpc) is 3.55. The Bertz CT molecular complexity index is 1550. The maximum absolute atomic E-state index is 14.3. The number of quaternary nitrogens is 3. The third-order valence-corrected chi connectivity index (χ3v) is 18.5. The average molecular weight is 950 g/mol. The largest absolute Gasteiger partial charge is 1.00 e. The number of methoxy groups -OCH3 is 1. The highest BCUT2D eigenvalue weighted by molar-refractivity contribution is 5.72. The molecule has 0 bridgehead atoms. The van der Waals surface area contributed by atoms with Gasteiger partial charge >= 0.3 is 23.9 Å². The molecule has 364 valence electrons. The van der Waals surface area contributed by atoms with Gasteiger partial charge in [-0.15, -0.1) is 0 Å². The van der Waals surface area contributed by atoms with E-state index >= 15 is 0 Å². The van der Waals surface area contributed by atoms with Gasteiger partial charge in [0, 0.05) is 17.8 Å². The molecule has 14 heteroatoms. The third kappa shape index (κ3) is 12.0. The van der Waals surface area contributed by atoms with Gasteiger partial charge in [-0.3, -0.25) is 4.79 Å². The quantitative estimate of drug-likeness (QED) is 0.120. The molecule has 7 aliphatic rings. The van der Waals surface area contributed by atoms with Crippen LogP contribution < -0.4 is 37.2 Å². The molecule has 3 heterocycles. The van der Waals surface area contributed by atoms with Gasteiger partial charge in [-0.2, -0.15) is 0 Å². The van der Waals surface area contributed by atoms with Crippen molar-refractivity contribution in [3.05, 3.63) is 0 Å². The molecule has 0 aromatic carbocycles. The Morgan fingerprint density at radius 1 is 0.603 bits per heavy atom. The number of carbonyl (C=O) groups excluding carboxylic acids is 4. The van der Waals surface area contributed by atoms with Gasteiger partial charge in [-0.25, -0.2) is 14.4 Å². The lowest BCUT2D eigenvalue weighted by Gasteiger charge is -2.64. The monoisotopic (exact) mass is 948 g/mol. The lowest BCUT2D eigenvalue weighted by molar-refractivity contribution is -0.907. The Morgan fingerprint density at radius 3 is 1.60 bits per heavy atom. The molecular formula is C49H84Cl3N3O8. The van der Waals surface area contributed by atoms with Gasteiger partial charge in [0.1, 0.15) is 18.3 Å². The Balaban J connectivity index is 0.00000290. The third-order valence-electron chi connectivity index (χ3n) is 18.5. The van der Waals surface area contributed by atoms with Crippen LogP contribution in [-0.2, 0) is 38.1 Å². The summed E-state index contributed by atoms with van der Waals surface area (Å²) in [5, 5.41) is 0. The van der Waals surface area contributed by atoms with Crippen molar-refractivity contribution in [1.82, 2.24) is 0 Å². The molecule has 0 N–H and O–H groups in total. The summed E-state index contributed by atoms with van der Waals surface area (Å²) in [7, 11) is 8.09. The van der Waals surface area contributed by atoms with Crippen LogP contribution in [0.15, 0.2) is 0 Å². The van der Waals surface area contributed by atoms with Crippen LogP contribution >= 0.6 is 0 Å². The molecule has 3 aliphatic heterocycles. The van der Waals surface area contributed by atoms with Crippen molar-refractivity contribution in [3.63, 3.8) is 0 Å². The number of hydrogen-bond acceptors (Lipinski definition) is 8. The SMILES string of the molecule is COC(=O)CC[C@@H](C)[C@H]1CC[C@H]2[C@@H]3[C@H](OC(=O)C[N+]4(C)CCCCC4)C[C@@H]4C[C@H](OC(=O)C[N+]5(C)CCCCC5)CC[C@]4(C)[C@H]3C[C@H](OC(=O)C[N+]3(C)CCCCC3)[C@]12C.[Cl-].[Cl-].[Cl-]. The first kappa shape index (κ1) is 54.2. The fourth-order valence-electron chi connectivity index (χ4n) is 15.0. The summed E-state index contributed by atoms with van der Waals surface area (Å²) in [6.45, 7) is 14.5. The lowest BCUT2D eigenvalue weighted by Crippen LogP contribution is -3.00. The van der Waals surface area contributed by atoms with Gasteiger partial charge in [-0.05, 0) is 144 Å². The standard InChI is InChI=1S/C49H84N3O8.3ClH/c1-35(17-20-43(53)57-7)38-18-19-39-47-40(31-42(49(38,39)3)60-46(56)34-52(6)27-15-10-16-28-52)48(2)22-21-37(58-44(54)32-50(4)23-11-8-12-24-50)29-36(48)30-41(47)59-45(55)33-51(5)25-13-9-14-26-51;;;/h35-42,47H,8-34H2,1-7H3;3*1H/q+3;;;/p-3/t35-,36+,37-,38-,39+,40+,41-,42+,47+,48+,49-;;;/m1.../s1. The highest BCUT2D eigenvalue weighted by Crippen LogP contribution is 2.69. The molecule has 0 amide bonds. The number of carbonyl (C=O) groups is 4. The van der Waals surface area contributed by atoms with E-state index < -0.39 is 0 Å². The predicted octanol–water partition coefficient (Wildman–Crippen LogP) is -1.91. The molecule has 4 saturated carbocycles. The molecule has 7 rings (SSSR count). The van der Waals surface area contributed by atoms with E-state index in [4.69, 9.17) is 18.9 Å². The fraction of sp³-hybridized carbons (Fsp3) is 0.918. The summed E-state index contributed by atoms with van der Waals surface area (Å²) in [6.07, 6.45) is 17.1. The first-order chi connectivity index (χ1) is 28.5. The zero-order valence-corrected chi connectivity index (χ0v) is 42.3. The van der Waals surface area contributed by atoms with Gasteiger partial charge < -0.3 is 69.6 Å². The number of nitrogens with zero attached hydrogens (tertiary/aromatic N) is 3. The zero-order valence-electron chi connectivity index (χ0n) is 40.0. The highest BCUT2D eigenvalue weighted by atomic mass is 35.5. The fourth-order valence-corrected chi connectivity index (χ4v) is 15.0. The number of hydrogen-bond donors (Lipinski definition) is 0. The molecule has 0 aromatic rings. The Kier molecular flexibility index (Phi) is 19.1. The van der Waals surface area contributed by atoms with Crippen LogP contribution in [-0.4, -0.2) is 143 Å². The number of esters is 4. The van der Waals surface area contributed by atoms with Crippen LogP contribution in [0.5, 0.6) is 0 Å². The maximum Gasteiger partial charge on any atom is 0.362 e. The van der Waals surface area contributed by atoms with Crippen LogP contribution in [0.25, 0.3) is 0 Å². The highest BCUT2D eigenvalue weighted by Gasteiger charge is 2.68. The van der Waals surface area contributed by atoms with Gasteiger partial charge in [-0.1, -0.05) is 20.8 Å². The Labute approximate surface area is 399 Å². The summed E-state index contributed by atoms with van der Waals surface area (Å²) in [6, 6.07) is 0. The van der Waals surface area contributed by atoms with Crippen molar-refractivity contribution in [2.24, 2.45) is 46.3 Å². The van der Waals surface area contributed by atoms with E-state index in [9.17, 15) is 19.2 Å². The molecule has 0 spiro atoms. The number of ether oxygens (including phenoxy) is 4. The van der Waals surface area contributed by atoms with Crippen molar-refractivity contribution in [3.8, 4) is 0 Å². The van der Waals surface area contributed by atoms with Crippen LogP contribution in [0.1, 0.15) is 136 Å². The summed E-state index contributed by atoms with van der Waals surface area (Å²) < 4.78 is 27.5. The second-order valence-electron chi connectivity index (χ2n) is 22.9. The molecule has 11 atom stereocenters. The Morgan fingerprint density at radius 2 is 1.10 bits per heavy atom. The van der Waals surface area contributed by atoms with Crippen molar-refractivity contribution in [2.75, 3.05) is 87.2 Å². The van der Waals surface area contributed by atoms with E-state index in [2.05, 4.69) is 41.9 Å². The number of fused-ring (bicyclic) bond motifs is 5. The first-order valence-electron chi connectivity index (χ1n) is 24.6. The molecule has 3 saturated heterocycles. The van der Waals surface area contributed by atoms with E-state index in [1.54, 1.807) is 0 Å². The number of likely N-dealkylation sites (N-methyl/N-ethyl adjacent to an activating group) is 3. The van der Waals surface area contributed by atoms with E-state index in [0.717, 1.165) is 143 Å². The van der Waals surface area contributed by atoms with Gasteiger partial charge in [0.15, 0.2) is 19.6 Å². The summed E-state index contributed by atoms with van der Waals surface area (Å²) in [4.78, 5) is 54.5. The normalized spacial score (nSPS) is 36.7. The molecule has 0 unspecified atom stereocenters. The zero-order chi connectivity index (χ0) is 42.9. The number of halogens is 3. The predicted molar refractivity (Wildman–Crippen MR) is 230 cm³/mol. The number of likely N-dealkylation sites (tertiary alicyclic amines) is 3. The molecule has 4 aliphatic carbocycles. The summed E-state index contributed by atoms with van der Waals surface area (Å²) >= 11 is 0. The maximum atomic E-state index is 14.3. The summed E-state index contributed by atoms with van der Waals surface area (Å²) in [5.74, 6) is 0.831. The van der Waals surface area contributed by atoms with E-state index in [1.165, 1.54) is 26.4 Å². The Hall–Kier alpha value is -1.37. The lowest BCUT2D eigenvalue weighted by atomic mass is 9.43. The van der Waals surface area contributed by atoms with Crippen LogP contribution in [0.3, 0.4) is 0 Å². The molecule has 11 nitrogen and oxygen atoms in total. The minimum Gasteiger partial charge on any atom is -1.00 e. The number of rotatable bonds is 13. The van der Waals surface area contributed by atoms with Crippen molar-refractivity contribution in [1.29, 1.82) is 0 Å². The smallest absolute Gasteiger partial charge is 0.362 e. The van der Waals surface area contributed by atoms with Gasteiger partial charge in [0.25, 0.3) is 0 Å². The van der Waals surface area contributed by atoms with Crippen molar-refractivity contribution in [2.45, 2.75) is 155 Å². The van der Waals surface area contributed by atoms with Crippen LogP contribution in [0, 0.1) is 46.3 Å². The van der Waals surface area contributed by atoms with Crippen LogP contribution in [0.4, 0.5) is 0 Å². The van der Waals surface area contributed by atoms with Crippen molar-refractivity contribution < 1.29 is 88.8 Å². The molecule has 63 heavy (non-hydrogen) atoms. The molecule has 0 radical (unpaired) electrons.